The van der Waals surface area contributed by atoms with E-state index in [1.165, 1.54) is 0 Å². The molecule has 1 aromatic heterocycles. The molecule has 1 heterocycles. The Kier molecular flexibility index (Phi) is 5.26. The van der Waals surface area contributed by atoms with Gasteiger partial charge in [-0.2, -0.15) is 5.10 Å². The van der Waals surface area contributed by atoms with Gasteiger partial charge < -0.3 is 10.2 Å². The third-order valence-corrected chi connectivity index (χ3v) is 3.95. The Balaban J connectivity index is 1.77. The van der Waals surface area contributed by atoms with Crippen LogP contribution in [0.4, 0.5) is 0 Å². The van der Waals surface area contributed by atoms with Crippen molar-refractivity contribution in [2.45, 2.75) is 6.04 Å². The van der Waals surface area contributed by atoms with Gasteiger partial charge in [-0.3, -0.25) is 9.89 Å². The second-order valence-corrected chi connectivity index (χ2v) is 6.23. The first kappa shape index (κ1) is 16.9. The quantitative estimate of drug-likeness (QED) is 0.728. The summed E-state index contributed by atoms with van der Waals surface area (Å²) >= 11 is 0. The fourth-order valence-corrected chi connectivity index (χ4v) is 2.72. The van der Waals surface area contributed by atoms with Crippen LogP contribution >= 0.6 is 0 Å². The number of H-pyrrole nitrogens is 1. The largest absolute Gasteiger partial charge is 0.343 e. The molecule has 1 amide bonds. The molecule has 0 saturated carbocycles. The van der Waals surface area contributed by atoms with Crippen molar-refractivity contribution in [2.24, 2.45) is 0 Å². The van der Waals surface area contributed by atoms with Crippen LogP contribution in [0.15, 0.2) is 66.7 Å². The summed E-state index contributed by atoms with van der Waals surface area (Å²) in [7, 11) is 3.98. The van der Waals surface area contributed by atoms with Gasteiger partial charge in [0.25, 0.3) is 5.91 Å². The molecule has 2 aromatic carbocycles. The number of rotatable bonds is 6. The Morgan fingerprint density at radius 1 is 1.08 bits per heavy atom. The molecule has 0 aliphatic carbocycles. The summed E-state index contributed by atoms with van der Waals surface area (Å²) in [5.74, 6) is -0.162. The fraction of sp³-hybridized carbons (Fsp3) is 0.200. The molecule has 5 nitrogen and oxygen atoms in total. The number of nitrogens with one attached hydrogen (secondary N) is 2. The normalized spacial score (nSPS) is 12.1. The molecular formula is C20H22N4O. The van der Waals surface area contributed by atoms with E-state index in [0.717, 1.165) is 23.4 Å². The van der Waals surface area contributed by atoms with Crippen molar-refractivity contribution in [1.82, 2.24) is 20.4 Å². The Morgan fingerprint density at radius 3 is 2.36 bits per heavy atom. The van der Waals surface area contributed by atoms with Crippen LogP contribution in [-0.4, -0.2) is 41.6 Å². The van der Waals surface area contributed by atoms with Crippen molar-refractivity contribution >= 4 is 5.91 Å². The first-order valence-corrected chi connectivity index (χ1v) is 8.25. The number of nitrogens with zero attached hydrogens (tertiary/aromatic N) is 2. The highest BCUT2D eigenvalue weighted by Crippen LogP contribution is 2.18. The average Bonchev–Trinajstić information content (AvgIpc) is 3.12. The van der Waals surface area contributed by atoms with Gasteiger partial charge in [0.1, 0.15) is 5.69 Å². The minimum absolute atomic E-state index is 0.0906. The first-order valence-electron chi connectivity index (χ1n) is 8.25. The highest BCUT2D eigenvalue weighted by molar-refractivity contribution is 5.93. The molecule has 0 fully saturated rings. The second-order valence-electron chi connectivity index (χ2n) is 6.23. The number of hydrogen-bond donors (Lipinski definition) is 2. The van der Waals surface area contributed by atoms with E-state index in [9.17, 15) is 4.79 Å². The summed E-state index contributed by atoms with van der Waals surface area (Å²) in [6.07, 6.45) is 0. The summed E-state index contributed by atoms with van der Waals surface area (Å²) in [6, 6.07) is 21.5. The van der Waals surface area contributed by atoms with Crippen LogP contribution < -0.4 is 5.32 Å². The lowest BCUT2D eigenvalue weighted by molar-refractivity contribution is 0.0925. The van der Waals surface area contributed by atoms with Gasteiger partial charge in [0.15, 0.2) is 0 Å². The van der Waals surface area contributed by atoms with Gasteiger partial charge >= 0.3 is 0 Å². The lowest BCUT2D eigenvalue weighted by Crippen LogP contribution is -2.35. The number of aromatic amines is 1. The number of hydrogen-bond acceptors (Lipinski definition) is 3. The lowest BCUT2D eigenvalue weighted by atomic mass is 10.1. The van der Waals surface area contributed by atoms with Crippen molar-refractivity contribution in [3.05, 3.63) is 78.0 Å². The molecule has 0 aliphatic rings. The molecule has 0 aliphatic heterocycles. The third-order valence-electron chi connectivity index (χ3n) is 3.95. The third kappa shape index (κ3) is 4.33. The zero-order valence-electron chi connectivity index (χ0n) is 14.4. The van der Waals surface area contributed by atoms with Crippen molar-refractivity contribution < 1.29 is 4.79 Å². The maximum absolute atomic E-state index is 12.7. The van der Waals surface area contributed by atoms with Crippen LogP contribution in [0.3, 0.4) is 0 Å². The zero-order valence-corrected chi connectivity index (χ0v) is 14.4. The number of amides is 1. The monoisotopic (exact) mass is 334 g/mol. The van der Waals surface area contributed by atoms with Crippen molar-refractivity contribution in [3.8, 4) is 11.3 Å². The Hall–Kier alpha value is -2.92. The Morgan fingerprint density at radius 2 is 1.72 bits per heavy atom. The number of aromatic nitrogens is 2. The molecule has 0 saturated heterocycles. The van der Waals surface area contributed by atoms with Crippen molar-refractivity contribution in [2.75, 3.05) is 20.6 Å². The predicted octanol–water partition coefficient (Wildman–Crippen LogP) is 3.11. The molecule has 5 heteroatoms. The second kappa shape index (κ2) is 7.77. The van der Waals surface area contributed by atoms with Crippen LogP contribution in [-0.2, 0) is 0 Å². The van der Waals surface area contributed by atoms with Crippen LogP contribution in [0.1, 0.15) is 22.1 Å². The number of carbonyl (C=O) groups is 1. The van der Waals surface area contributed by atoms with E-state index in [4.69, 9.17) is 0 Å². The van der Waals surface area contributed by atoms with E-state index in [2.05, 4.69) is 20.4 Å². The van der Waals surface area contributed by atoms with Gasteiger partial charge in [-0.05, 0) is 25.7 Å². The molecule has 0 radical (unpaired) electrons. The number of benzene rings is 2. The zero-order chi connectivity index (χ0) is 17.6. The van der Waals surface area contributed by atoms with Crippen molar-refractivity contribution in [3.63, 3.8) is 0 Å². The van der Waals surface area contributed by atoms with Gasteiger partial charge in [-0.25, -0.2) is 0 Å². The summed E-state index contributed by atoms with van der Waals surface area (Å²) in [6.45, 7) is 0.718. The molecule has 3 aromatic rings. The van der Waals surface area contributed by atoms with E-state index in [1.807, 2.05) is 74.8 Å². The molecule has 0 spiro atoms. The molecule has 2 N–H and O–H groups in total. The number of carbonyl (C=O) groups excluding carboxylic acids is 1. The summed E-state index contributed by atoms with van der Waals surface area (Å²) in [5.41, 5.74) is 3.27. The van der Waals surface area contributed by atoms with Gasteiger partial charge in [0.05, 0.1) is 11.7 Å². The Labute approximate surface area is 147 Å². The van der Waals surface area contributed by atoms with E-state index in [-0.39, 0.29) is 11.9 Å². The van der Waals surface area contributed by atoms with Gasteiger partial charge in [-0.15, -0.1) is 0 Å². The summed E-state index contributed by atoms with van der Waals surface area (Å²) in [4.78, 5) is 14.7. The van der Waals surface area contributed by atoms with Crippen LogP contribution in [0.2, 0.25) is 0 Å². The highest BCUT2D eigenvalue weighted by atomic mass is 16.2. The topological polar surface area (TPSA) is 61.0 Å². The van der Waals surface area contributed by atoms with Crippen LogP contribution in [0, 0.1) is 0 Å². The SMILES string of the molecule is CN(C)C[C@H](NC(=O)c1cc(-c2ccccc2)n[nH]1)c1ccccc1. The maximum Gasteiger partial charge on any atom is 0.269 e. The fourth-order valence-electron chi connectivity index (χ4n) is 2.72. The van der Waals surface area contributed by atoms with Gasteiger partial charge in [0.2, 0.25) is 0 Å². The summed E-state index contributed by atoms with van der Waals surface area (Å²) in [5, 5.41) is 10.2. The van der Waals surface area contributed by atoms with Crippen LogP contribution in [0.5, 0.6) is 0 Å². The van der Waals surface area contributed by atoms with Crippen molar-refractivity contribution in [1.29, 1.82) is 0 Å². The molecule has 3 rings (SSSR count). The molecule has 1 atom stereocenters. The van der Waals surface area contributed by atoms with Gasteiger partial charge in [-0.1, -0.05) is 60.7 Å². The van der Waals surface area contributed by atoms with Gasteiger partial charge in [0, 0.05) is 12.1 Å². The Bertz CT molecular complexity index is 812. The highest BCUT2D eigenvalue weighted by Gasteiger charge is 2.18. The van der Waals surface area contributed by atoms with E-state index >= 15 is 0 Å². The first-order chi connectivity index (χ1) is 12.1. The maximum atomic E-state index is 12.7. The minimum Gasteiger partial charge on any atom is -0.343 e. The van der Waals surface area contributed by atoms with E-state index < -0.39 is 0 Å². The predicted molar refractivity (Wildman–Crippen MR) is 99.2 cm³/mol. The molecule has 0 bridgehead atoms. The molecular weight excluding hydrogens is 312 g/mol. The molecule has 25 heavy (non-hydrogen) atoms. The van der Waals surface area contributed by atoms with E-state index in [0.29, 0.717) is 5.69 Å². The molecule has 128 valence electrons. The average molecular weight is 334 g/mol. The van der Waals surface area contributed by atoms with E-state index in [1.54, 1.807) is 6.07 Å². The minimum atomic E-state index is -0.162. The standard InChI is InChI=1S/C20H22N4O/c1-24(2)14-19(16-11-7-4-8-12-16)21-20(25)18-13-17(22-23-18)15-9-5-3-6-10-15/h3-13,19H,14H2,1-2H3,(H,21,25)(H,22,23)/t19-/m0/s1. The summed E-state index contributed by atoms with van der Waals surface area (Å²) < 4.78 is 0. The molecule has 0 unspecified atom stereocenters. The van der Waals surface area contributed by atoms with Crippen LogP contribution in [0.25, 0.3) is 11.3 Å². The number of likely N-dealkylation sites (N-methyl/N-ethyl adjacent to an activating group) is 1. The smallest absolute Gasteiger partial charge is 0.269 e. The lowest BCUT2D eigenvalue weighted by Gasteiger charge is -2.22.